The van der Waals surface area contributed by atoms with Crippen molar-refractivity contribution in [3.8, 4) is 5.75 Å². The van der Waals surface area contributed by atoms with Crippen LogP contribution in [0.1, 0.15) is 38.6 Å². The van der Waals surface area contributed by atoms with Crippen molar-refractivity contribution in [2.45, 2.75) is 48.7 Å². The highest BCUT2D eigenvalue weighted by Gasteiger charge is 2.22. The Kier molecular flexibility index (Phi) is 4.28. The Balaban J connectivity index is 1.80. The van der Waals surface area contributed by atoms with Gasteiger partial charge in [0, 0.05) is 4.90 Å². The fourth-order valence-electron chi connectivity index (χ4n) is 2.59. The van der Waals surface area contributed by atoms with E-state index in [4.69, 9.17) is 10.5 Å². The fourth-order valence-corrected chi connectivity index (χ4v) is 3.46. The lowest BCUT2D eigenvalue weighted by molar-refractivity contribution is 0.341. The van der Waals surface area contributed by atoms with Crippen molar-refractivity contribution in [2.75, 3.05) is 12.3 Å². The first kappa shape index (κ1) is 14.2. The molecule has 2 aromatic rings. The topological polar surface area (TPSA) is 78.9 Å². The molecule has 112 valence electrons. The fraction of sp³-hybridized carbons (Fsp3) is 0.500. The molecule has 0 amide bonds. The number of nitrogens with two attached hydrogens (primary N) is 1. The summed E-state index contributed by atoms with van der Waals surface area (Å²) in [6, 6.07) is 6.20. The number of nitrogen functional groups attached to an aromatic ring is 1. The summed E-state index contributed by atoms with van der Waals surface area (Å²) in [6.07, 6.45) is 4.82. The van der Waals surface area contributed by atoms with Gasteiger partial charge in [0.05, 0.1) is 18.3 Å². The molecule has 7 heteroatoms. The van der Waals surface area contributed by atoms with Crippen molar-refractivity contribution < 1.29 is 4.74 Å². The minimum atomic E-state index is 0.433. The molecule has 0 aliphatic heterocycles. The molecular weight excluding hydrogens is 286 g/mol. The number of hydrogen-bond acceptors (Lipinski definition) is 6. The average Bonchev–Trinajstić information content (AvgIpc) is 3.13. The van der Waals surface area contributed by atoms with Gasteiger partial charge in [-0.05, 0) is 60.2 Å². The van der Waals surface area contributed by atoms with Gasteiger partial charge in [-0.2, -0.15) is 0 Å². The minimum absolute atomic E-state index is 0.433. The van der Waals surface area contributed by atoms with Crippen LogP contribution in [0.5, 0.6) is 5.75 Å². The van der Waals surface area contributed by atoms with E-state index in [1.54, 1.807) is 11.8 Å². The van der Waals surface area contributed by atoms with E-state index in [0.29, 0.717) is 24.1 Å². The summed E-state index contributed by atoms with van der Waals surface area (Å²) in [6.45, 7) is 2.54. The van der Waals surface area contributed by atoms with E-state index in [1.165, 1.54) is 12.8 Å². The molecule has 6 nitrogen and oxygen atoms in total. The zero-order chi connectivity index (χ0) is 14.7. The zero-order valence-corrected chi connectivity index (χ0v) is 12.8. The van der Waals surface area contributed by atoms with E-state index < -0.39 is 0 Å². The van der Waals surface area contributed by atoms with E-state index in [-0.39, 0.29) is 0 Å². The number of aromatic nitrogens is 4. The number of hydrogen-bond donors (Lipinski definition) is 1. The van der Waals surface area contributed by atoms with Crippen LogP contribution in [0.25, 0.3) is 0 Å². The number of ether oxygens (including phenoxy) is 1. The van der Waals surface area contributed by atoms with Crippen LogP contribution < -0.4 is 10.5 Å². The van der Waals surface area contributed by atoms with Gasteiger partial charge in [0.15, 0.2) is 0 Å². The van der Waals surface area contributed by atoms with Gasteiger partial charge in [0.25, 0.3) is 0 Å². The Labute approximate surface area is 128 Å². The van der Waals surface area contributed by atoms with E-state index in [1.807, 2.05) is 29.8 Å². The molecule has 1 heterocycles. The summed E-state index contributed by atoms with van der Waals surface area (Å²) in [4.78, 5) is 1.03. The van der Waals surface area contributed by atoms with Crippen LogP contribution in [0.2, 0.25) is 0 Å². The Hall–Kier alpha value is -1.76. The van der Waals surface area contributed by atoms with E-state index in [2.05, 4.69) is 15.5 Å². The largest absolute Gasteiger partial charge is 0.492 e. The molecule has 1 aromatic carbocycles. The highest BCUT2D eigenvalue weighted by atomic mass is 32.2. The summed E-state index contributed by atoms with van der Waals surface area (Å²) < 4.78 is 7.48. The summed E-state index contributed by atoms with van der Waals surface area (Å²) in [5.41, 5.74) is 6.55. The second-order valence-electron chi connectivity index (χ2n) is 5.08. The zero-order valence-electron chi connectivity index (χ0n) is 12.0. The maximum absolute atomic E-state index is 5.90. The smallest absolute Gasteiger partial charge is 0.214 e. The summed E-state index contributed by atoms with van der Waals surface area (Å²) in [5.74, 6) is 0.711. The molecule has 0 unspecified atom stereocenters. The van der Waals surface area contributed by atoms with Gasteiger partial charge in [-0.15, -0.1) is 5.10 Å². The lowest BCUT2D eigenvalue weighted by Gasteiger charge is -2.12. The van der Waals surface area contributed by atoms with Crippen molar-refractivity contribution in [3.63, 3.8) is 0 Å². The molecule has 1 aromatic heterocycles. The van der Waals surface area contributed by atoms with Crippen molar-refractivity contribution in [3.05, 3.63) is 18.2 Å². The molecule has 1 saturated carbocycles. The molecule has 0 spiro atoms. The third kappa shape index (κ3) is 3.12. The van der Waals surface area contributed by atoms with Crippen molar-refractivity contribution in [2.24, 2.45) is 0 Å². The molecule has 0 saturated heterocycles. The number of benzene rings is 1. The minimum Gasteiger partial charge on any atom is -0.492 e. The molecule has 1 fully saturated rings. The van der Waals surface area contributed by atoms with Crippen LogP contribution in [-0.2, 0) is 0 Å². The first-order chi connectivity index (χ1) is 10.3. The SMILES string of the molecule is CCOc1cc(Sc2nnnn2C2CCCC2)ccc1N. The molecule has 0 bridgehead atoms. The molecule has 3 rings (SSSR count). The Bertz CT molecular complexity index is 609. The van der Waals surface area contributed by atoms with E-state index in [9.17, 15) is 0 Å². The molecular formula is C14H19N5OS. The average molecular weight is 305 g/mol. The van der Waals surface area contributed by atoms with Crippen molar-refractivity contribution in [1.29, 1.82) is 0 Å². The van der Waals surface area contributed by atoms with Gasteiger partial charge in [-0.25, -0.2) is 4.68 Å². The standard InChI is InChI=1S/C14H19N5OS/c1-2-20-13-9-11(7-8-12(13)15)21-14-16-17-18-19(14)10-5-3-4-6-10/h7-10H,2-6,15H2,1H3. The van der Waals surface area contributed by atoms with Gasteiger partial charge in [-0.3, -0.25) is 0 Å². The van der Waals surface area contributed by atoms with Crippen LogP contribution in [-0.4, -0.2) is 26.8 Å². The number of rotatable bonds is 5. The van der Waals surface area contributed by atoms with Crippen LogP contribution in [0, 0.1) is 0 Å². The summed E-state index contributed by atoms with van der Waals surface area (Å²) in [7, 11) is 0. The highest BCUT2D eigenvalue weighted by molar-refractivity contribution is 7.99. The second kappa shape index (κ2) is 6.34. The predicted molar refractivity (Wildman–Crippen MR) is 81.5 cm³/mol. The molecule has 1 aliphatic carbocycles. The maximum atomic E-state index is 5.90. The van der Waals surface area contributed by atoms with E-state index in [0.717, 1.165) is 22.9 Å². The van der Waals surface area contributed by atoms with Gasteiger partial charge in [-0.1, -0.05) is 12.8 Å². The van der Waals surface area contributed by atoms with Gasteiger partial charge >= 0.3 is 0 Å². The predicted octanol–water partition coefficient (Wildman–Crippen LogP) is 2.92. The summed E-state index contributed by atoms with van der Waals surface area (Å²) in [5, 5.41) is 12.9. The normalized spacial score (nSPS) is 15.5. The number of anilines is 1. The molecule has 21 heavy (non-hydrogen) atoms. The first-order valence-corrected chi connectivity index (χ1v) is 8.07. The van der Waals surface area contributed by atoms with Crippen molar-refractivity contribution in [1.82, 2.24) is 20.2 Å². The third-order valence-corrected chi connectivity index (χ3v) is 4.57. The number of tetrazole rings is 1. The Morgan fingerprint density at radius 3 is 2.95 bits per heavy atom. The van der Waals surface area contributed by atoms with Crippen molar-refractivity contribution >= 4 is 17.4 Å². The Morgan fingerprint density at radius 1 is 1.38 bits per heavy atom. The molecule has 0 atom stereocenters. The first-order valence-electron chi connectivity index (χ1n) is 7.26. The van der Waals surface area contributed by atoms with Gasteiger partial charge < -0.3 is 10.5 Å². The summed E-state index contributed by atoms with van der Waals surface area (Å²) >= 11 is 1.55. The molecule has 0 radical (unpaired) electrons. The van der Waals surface area contributed by atoms with E-state index >= 15 is 0 Å². The third-order valence-electron chi connectivity index (χ3n) is 3.63. The van der Waals surface area contributed by atoms with Crippen LogP contribution in [0.3, 0.4) is 0 Å². The quantitative estimate of drug-likeness (QED) is 0.856. The second-order valence-corrected chi connectivity index (χ2v) is 6.12. The monoisotopic (exact) mass is 305 g/mol. The lowest BCUT2D eigenvalue weighted by Crippen LogP contribution is -2.08. The van der Waals surface area contributed by atoms with Gasteiger partial charge in [0.2, 0.25) is 5.16 Å². The molecule has 1 aliphatic rings. The number of nitrogens with zero attached hydrogens (tertiary/aromatic N) is 4. The van der Waals surface area contributed by atoms with Crippen LogP contribution in [0.4, 0.5) is 5.69 Å². The van der Waals surface area contributed by atoms with Crippen LogP contribution in [0.15, 0.2) is 28.3 Å². The molecule has 2 N–H and O–H groups in total. The van der Waals surface area contributed by atoms with Crippen LogP contribution >= 0.6 is 11.8 Å². The maximum Gasteiger partial charge on any atom is 0.214 e. The highest BCUT2D eigenvalue weighted by Crippen LogP contribution is 2.35. The Morgan fingerprint density at radius 2 is 2.19 bits per heavy atom. The lowest BCUT2D eigenvalue weighted by atomic mass is 10.3. The van der Waals surface area contributed by atoms with Gasteiger partial charge in [0.1, 0.15) is 5.75 Å².